The molecule has 0 heterocycles. The van der Waals surface area contributed by atoms with E-state index in [1.54, 1.807) is 0 Å². The largest absolute Gasteiger partial charge is 0.324 e. The van der Waals surface area contributed by atoms with E-state index in [1.807, 2.05) is 6.07 Å². The highest BCUT2D eigenvalue weighted by molar-refractivity contribution is 5.33. The highest BCUT2D eigenvalue weighted by Gasteiger charge is 2.07. The summed E-state index contributed by atoms with van der Waals surface area (Å²) in [4.78, 5) is 0. The summed E-state index contributed by atoms with van der Waals surface area (Å²) >= 11 is 0. The summed E-state index contributed by atoms with van der Waals surface area (Å²) < 4.78 is 0. The Morgan fingerprint density at radius 2 is 1.53 bits per heavy atom. The van der Waals surface area contributed by atoms with Gasteiger partial charge in [-0.3, -0.25) is 0 Å². The number of nitrogens with two attached hydrogens (primary N) is 1. The Bertz CT molecular complexity index is 496. The number of benzene rings is 2. The van der Waals surface area contributed by atoms with E-state index in [0.717, 1.165) is 19.3 Å². The van der Waals surface area contributed by atoms with Crippen molar-refractivity contribution in [3.63, 3.8) is 0 Å². The fourth-order valence-corrected chi connectivity index (χ4v) is 2.61. The molecular formula is C18H23N. The second-order valence-electron chi connectivity index (χ2n) is 5.28. The number of aryl methyl sites for hydroxylation is 2. The quantitative estimate of drug-likeness (QED) is 0.843. The van der Waals surface area contributed by atoms with E-state index in [0.29, 0.717) is 0 Å². The lowest BCUT2D eigenvalue weighted by Gasteiger charge is -2.13. The molecule has 19 heavy (non-hydrogen) atoms. The summed E-state index contributed by atoms with van der Waals surface area (Å²) in [5.74, 6) is 0. The second-order valence-corrected chi connectivity index (χ2v) is 5.28. The van der Waals surface area contributed by atoms with Gasteiger partial charge in [0.1, 0.15) is 0 Å². The van der Waals surface area contributed by atoms with Crippen molar-refractivity contribution in [1.29, 1.82) is 0 Å². The molecule has 0 saturated carbocycles. The standard InChI is InChI=1S/C18H23N/c1-14-8-6-9-15(2)17(14)12-7-13-18(19)16-10-4-3-5-11-16/h3-6,8-11,18H,7,12-13,19H2,1-2H3. The monoisotopic (exact) mass is 253 g/mol. The topological polar surface area (TPSA) is 26.0 Å². The van der Waals surface area contributed by atoms with Crippen molar-refractivity contribution in [2.75, 3.05) is 0 Å². The van der Waals surface area contributed by atoms with Gasteiger partial charge in [0.15, 0.2) is 0 Å². The molecule has 0 radical (unpaired) electrons. The van der Waals surface area contributed by atoms with Crippen molar-refractivity contribution in [2.45, 2.75) is 39.2 Å². The molecule has 2 aromatic carbocycles. The van der Waals surface area contributed by atoms with Crippen LogP contribution in [-0.4, -0.2) is 0 Å². The van der Waals surface area contributed by atoms with Crippen LogP contribution in [0.25, 0.3) is 0 Å². The molecule has 2 aromatic rings. The number of hydrogen-bond acceptors (Lipinski definition) is 1. The van der Waals surface area contributed by atoms with Gasteiger partial charge in [-0.1, -0.05) is 48.5 Å². The smallest absolute Gasteiger partial charge is 0.0294 e. The average molecular weight is 253 g/mol. The lowest BCUT2D eigenvalue weighted by molar-refractivity contribution is 0.610. The van der Waals surface area contributed by atoms with Crippen molar-refractivity contribution in [1.82, 2.24) is 0 Å². The Kier molecular flexibility index (Phi) is 4.75. The highest BCUT2D eigenvalue weighted by atomic mass is 14.6. The molecule has 2 rings (SSSR count). The van der Waals surface area contributed by atoms with Crippen LogP contribution in [0.5, 0.6) is 0 Å². The van der Waals surface area contributed by atoms with Gasteiger partial charge in [-0.25, -0.2) is 0 Å². The molecule has 0 aliphatic heterocycles. The summed E-state index contributed by atoms with van der Waals surface area (Å²) in [5, 5.41) is 0. The van der Waals surface area contributed by atoms with Gasteiger partial charge in [0, 0.05) is 6.04 Å². The molecule has 1 atom stereocenters. The van der Waals surface area contributed by atoms with E-state index >= 15 is 0 Å². The molecule has 0 aliphatic rings. The van der Waals surface area contributed by atoms with E-state index in [4.69, 9.17) is 5.73 Å². The molecule has 100 valence electrons. The molecular weight excluding hydrogens is 230 g/mol. The first-order valence-corrected chi connectivity index (χ1v) is 7.04. The van der Waals surface area contributed by atoms with Gasteiger partial charge in [-0.05, 0) is 55.4 Å². The zero-order valence-corrected chi connectivity index (χ0v) is 11.9. The number of hydrogen-bond donors (Lipinski definition) is 1. The Morgan fingerprint density at radius 3 is 2.16 bits per heavy atom. The van der Waals surface area contributed by atoms with Crippen molar-refractivity contribution in [2.24, 2.45) is 5.73 Å². The van der Waals surface area contributed by atoms with E-state index in [-0.39, 0.29) is 6.04 Å². The van der Waals surface area contributed by atoms with Crippen LogP contribution in [0.2, 0.25) is 0 Å². The lowest BCUT2D eigenvalue weighted by atomic mass is 9.95. The SMILES string of the molecule is Cc1cccc(C)c1CCCC(N)c1ccccc1. The molecule has 0 saturated heterocycles. The first kappa shape index (κ1) is 13.8. The van der Waals surface area contributed by atoms with Crippen molar-refractivity contribution in [3.05, 3.63) is 70.8 Å². The average Bonchev–Trinajstić information content (AvgIpc) is 2.43. The molecule has 1 heteroatoms. The van der Waals surface area contributed by atoms with Gasteiger partial charge >= 0.3 is 0 Å². The molecule has 0 amide bonds. The predicted molar refractivity (Wildman–Crippen MR) is 82.2 cm³/mol. The third kappa shape index (κ3) is 3.68. The maximum atomic E-state index is 6.24. The van der Waals surface area contributed by atoms with Gasteiger partial charge in [-0.2, -0.15) is 0 Å². The minimum atomic E-state index is 0.158. The second kappa shape index (κ2) is 6.53. The van der Waals surface area contributed by atoms with Crippen LogP contribution >= 0.6 is 0 Å². The van der Waals surface area contributed by atoms with Crippen molar-refractivity contribution in [3.8, 4) is 0 Å². The minimum Gasteiger partial charge on any atom is -0.324 e. The molecule has 0 fully saturated rings. The maximum absolute atomic E-state index is 6.24. The fraction of sp³-hybridized carbons (Fsp3) is 0.333. The molecule has 0 spiro atoms. The lowest BCUT2D eigenvalue weighted by Crippen LogP contribution is -2.10. The zero-order chi connectivity index (χ0) is 13.7. The van der Waals surface area contributed by atoms with Gasteiger partial charge in [0.25, 0.3) is 0 Å². The van der Waals surface area contributed by atoms with Crippen molar-refractivity contribution < 1.29 is 0 Å². The number of rotatable bonds is 5. The first-order valence-electron chi connectivity index (χ1n) is 7.04. The Balaban J connectivity index is 1.90. The predicted octanol–water partition coefficient (Wildman–Crippen LogP) is 4.33. The minimum absolute atomic E-state index is 0.158. The van der Waals surface area contributed by atoms with E-state index in [9.17, 15) is 0 Å². The van der Waals surface area contributed by atoms with Crippen LogP contribution in [0, 0.1) is 13.8 Å². The van der Waals surface area contributed by atoms with E-state index in [1.165, 1.54) is 22.3 Å². The van der Waals surface area contributed by atoms with Gasteiger partial charge in [-0.15, -0.1) is 0 Å². The van der Waals surface area contributed by atoms with Crippen LogP contribution in [0.1, 0.15) is 41.1 Å². The van der Waals surface area contributed by atoms with Gasteiger partial charge in [0.2, 0.25) is 0 Å². The van der Waals surface area contributed by atoms with Gasteiger partial charge in [0.05, 0.1) is 0 Å². The highest BCUT2D eigenvalue weighted by Crippen LogP contribution is 2.20. The summed E-state index contributed by atoms with van der Waals surface area (Å²) in [6, 6.07) is 17.1. The maximum Gasteiger partial charge on any atom is 0.0294 e. The van der Waals surface area contributed by atoms with Crippen LogP contribution in [0.4, 0.5) is 0 Å². The van der Waals surface area contributed by atoms with Crippen LogP contribution in [-0.2, 0) is 6.42 Å². The van der Waals surface area contributed by atoms with Crippen molar-refractivity contribution >= 4 is 0 Å². The third-order valence-corrected chi connectivity index (χ3v) is 3.81. The van der Waals surface area contributed by atoms with Crippen LogP contribution < -0.4 is 5.73 Å². The normalized spacial score (nSPS) is 12.4. The Hall–Kier alpha value is -1.60. The van der Waals surface area contributed by atoms with Gasteiger partial charge < -0.3 is 5.73 Å². The third-order valence-electron chi connectivity index (χ3n) is 3.81. The van der Waals surface area contributed by atoms with Crippen LogP contribution in [0.3, 0.4) is 0 Å². The summed E-state index contributed by atoms with van der Waals surface area (Å²) in [6.07, 6.45) is 3.30. The van der Waals surface area contributed by atoms with E-state index in [2.05, 4.69) is 56.3 Å². The summed E-state index contributed by atoms with van der Waals surface area (Å²) in [6.45, 7) is 4.39. The zero-order valence-electron chi connectivity index (χ0n) is 11.9. The first-order chi connectivity index (χ1) is 9.18. The Morgan fingerprint density at radius 1 is 0.895 bits per heavy atom. The molecule has 0 aromatic heterocycles. The summed E-state index contributed by atoms with van der Waals surface area (Å²) in [7, 11) is 0. The molecule has 1 unspecified atom stereocenters. The summed E-state index contributed by atoms with van der Waals surface area (Å²) in [5.41, 5.74) is 11.8. The van der Waals surface area contributed by atoms with Crippen LogP contribution in [0.15, 0.2) is 48.5 Å². The molecule has 0 aliphatic carbocycles. The molecule has 2 N–H and O–H groups in total. The van der Waals surface area contributed by atoms with E-state index < -0.39 is 0 Å². The molecule has 1 nitrogen and oxygen atoms in total. The molecule has 0 bridgehead atoms. The fourth-order valence-electron chi connectivity index (χ4n) is 2.61. The Labute approximate surface area is 116 Å².